The predicted octanol–water partition coefficient (Wildman–Crippen LogP) is 2.74. The zero-order chi connectivity index (χ0) is 12.1. The molecular formula is C11H20F3NO. The number of halogens is 3. The molecule has 0 heterocycles. The van der Waals surface area contributed by atoms with Crippen molar-refractivity contribution in [2.45, 2.75) is 38.8 Å². The lowest BCUT2D eigenvalue weighted by Crippen LogP contribution is -2.28. The maximum absolute atomic E-state index is 11.7. The average Bonchev–Trinajstić information content (AvgIpc) is 2.91. The van der Waals surface area contributed by atoms with Gasteiger partial charge in [0.05, 0.1) is 6.61 Å². The highest BCUT2D eigenvalue weighted by Crippen LogP contribution is 2.48. The third kappa shape index (κ3) is 5.70. The zero-order valence-electron chi connectivity index (χ0n) is 9.70. The summed E-state index contributed by atoms with van der Waals surface area (Å²) in [6, 6.07) is 0. The number of alkyl halides is 3. The van der Waals surface area contributed by atoms with Crippen molar-refractivity contribution in [1.29, 1.82) is 0 Å². The highest BCUT2D eigenvalue weighted by molar-refractivity contribution is 4.94. The first kappa shape index (κ1) is 13.8. The molecule has 1 aliphatic carbocycles. The minimum Gasteiger partial charge on any atom is -0.371 e. The van der Waals surface area contributed by atoms with Gasteiger partial charge in [0.25, 0.3) is 0 Å². The van der Waals surface area contributed by atoms with Crippen molar-refractivity contribution in [2.75, 3.05) is 26.3 Å². The SMILES string of the molecule is CCCC1(CNCCOCC(F)(F)F)CC1. The van der Waals surface area contributed by atoms with Gasteiger partial charge in [-0.25, -0.2) is 0 Å². The smallest absolute Gasteiger partial charge is 0.371 e. The molecule has 0 atom stereocenters. The highest BCUT2D eigenvalue weighted by Gasteiger charge is 2.40. The van der Waals surface area contributed by atoms with E-state index in [9.17, 15) is 13.2 Å². The van der Waals surface area contributed by atoms with Gasteiger partial charge >= 0.3 is 6.18 Å². The van der Waals surface area contributed by atoms with Crippen LogP contribution in [-0.2, 0) is 4.74 Å². The van der Waals surface area contributed by atoms with Gasteiger partial charge in [-0.05, 0) is 24.7 Å². The molecule has 5 heteroatoms. The van der Waals surface area contributed by atoms with Gasteiger partial charge in [-0.2, -0.15) is 13.2 Å². The first-order valence-corrected chi connectivity index (χ1v) is 5.83. The van der Waals surface area contributed by atoms with Gasteiger partial charge in [-0.1, -0.05) is 13.3 Å². The molecule has 1 N–H and O–H groups in total. The summed E-state index contributed by atoms with van der Waals surface area (Å²) in [6.07, 6.45) is 0.671. The Morgan fingerprint density at radius 1 is 1.31 bits per heavy atom. The molecule has 1 aliphatic rings. The molecule has 0 spiro atoms. The summed E-state index contributed by atoms with van der Waals surface area (Å²) in [5, 5.41) is 3.17. The number of hydrogen-bond acceptors (Lipinski definition) is 2. The van der Waals surface area contributed by atoms with Crippen LogP contribution in [0.15, 0.2) is 0 Å². The number of hydrogen-bond donors (Lipinski definition) is 1. The van der Waals surface area contributed by atoms with E-state index >= 15 is 0 Å². The molecule has 0 aliphatic heterocycles. The summed E-state index contributed by atoms with van der Waals surface area (Å²) < 4.78 is 39.7. The molecule has 96 valence electrons. The Labute approximate surface area is 94.5 Å². The summed E-state index contributed by atoms with van der Waals surface area (Å²) in [5.41, 5.74) is 0.443. The number of rotatable bonds is 8. The molecule has 0 amide bonds. The first-order chi connectivity index (χ1) is 7.47. The first-order valence-electron chi connectivity index (χ1n) is 5.83. The van der Waals surface area contributed by atoms with Crippen molar-refractivity contribution in [3.8, 4) is 0 Å². The third-order valence-corrected chi connectivity index (χ3v) is 2.93. The molecule has 1 saturated carbocycles. The molecule has 0 aromatic heterocycles. The standard InChI is InChI=1S/C11H20F3NO/c1-2-3-10(4-5-10)8-15-6-7-16-9-11(12,13)14/h15H,2-9H2,1H3. The van der Waals surface area contributed by atoms with E-state index in [1.54, 1.807) is 0 Å². The Morgan fingerprint density at radius 3 is 2.50 bits per heavy atom. The maximum atomic E-state index is 11.7. The van der Waals surface area contributed by atoms with Crippen molar-refractivity contribution in [3.63, 3.8) is 0 Å². The molecule has 0 aromatic carbocycles. The van der Waals surface area contributed by atoms with E-state index in [0.29, 0.717) is 12.0 Å². The lowest BCUT2D eigenvalue weighted by atomic mass is 10.0. The van der Waals surface area contributed by atoms with Gasteiger partial charge in [0.15, 0.2) is 0 Å². The summed E-state index contributed by atoms with van der Waals surface area (Å²) in [6.45, 7) is 2.56. The van der Waals surface area contributed by atoms with Gasteiger partial charge < -0.3 is 10.1 Å². The van der Waals surface area contributed by atoms with Crippen LogP contribution in [0, 0.1) is 5.41 Å². The van der Waals surface area contributed by atoms with E-state index in [2.05, 4.69) is 17.0 Å². The summed E-state index contributed by atoms with van der Waals surface area (Å²) in [7, 11) is 0. The van der Waals surface area contributed by atoms with Gasteiger partial charge in [0, 0.05) is 13.1 Å². The third-order valence-electron chi connectivity index (χ3n) is 2.93. The van der Waals surface area contributed by atoms with E-state index in [-0.39, 0.29) is 6.61 Å². The van der Waals surface area contributed by atoms with E-state index in [4.69, 9.17) is 0 Å². The molecule has 0 bridgehead atoms. The molecule has 0 saturated heterocycles. The van der Waals surface area contributed by atoms with Crippen LogP contribution >= 0.6 is 0 Å². The lowest BCUT2D eigenvalue weighted by molar-refractivity contribution is -0.173. The van der Waals surface area contributed by atoms with Crippen molar-refractivity contribution in [1.82, 2.24) is 5.32 Å². The van der Waals surface area contributed by atoms with Crippen LogP contribution in [0.25, 0.3) is 0 Å². The molecule has 1 rings (SSSR count). The molecule has 0 aromatic rings. The van der Waals surface area contributed by atoms with E-state index in [1.807, 2.05) is 0 Å². The second kappa shape index (κ2) is 5.87. The lowest BCUT2D eigenvalue weighted by Gasteiger charge is -2.15. The fourth-order valence-corrected chi connectivity index (χ4v) is 1.91. The monoisotopic (exact) mass is 239 g/mol. The summed E-state index contributed by atoms with van der Waals surface area (Å²) >= 11 is 0. The molecular weight excluding hydrogens is 219 g/mol. The Hall–Kier alpha value is -0.290. The largest absolute Gasteiger partial charge is 0.411 e. The maximum Gasteiger partial charge on any atom is 0.411 e. The second-order valence-corrected chi connectivity index (χ2v) is 4.59. The van der Waals surface area contributed by atoms with Crippen molar-refractivity contribution < 1.29 is 17.9 Å². The minimum absolute atomic E-state index is 0.127. The Kier molecular flexibility index (Phi) is 5.05. The molecule has 1 fully saturated rings. The van der Waals surface area contributed by atoms with Gasteiger partial charge in [-0.3, -0.25) is 0 Å². The van der Waals surface area contributed by atoms with Gasteiger partial charge in [0.2, 0.25) is 0 Å². The van der Waals surface area contributed by atoms with Crippen LogP contribution in [0.3, 0.4) is 0 Å². The van der Waals surface area contributed by atoms with Crippen LogP contribution in [0.5, 0.6) is 0 Å². The van der Waals surface area contributed by atoms with Crippen LogP contribution in [0.4, 0.5) is 13.2 Å². The number of ether oxygens (including phenoxy) is 1. The second-order valence-electron chi connectivity index (χ2n) is 4.59. The Balaban J connectivity index is 1.92. The molecule has 16 heavy (non-hydrogen) atoms. The van der Waals surface area contributed by atoms with Gasteiger partial charge in [-0.15, -0.1) is 0 Å². The van der Waals surface area contributed by atoms with E-state index < -0.39 is 12.8 Å². The van der Waals surface area contributed by atoms with E-state index in [0.717, 1.165) is 6.54 Å². The molecule has 0 unspecified atom stereocenters. The Bertz CT molecular complexity index is 202. The van der Waals surface area contributed by atoms with Crippen molar-refractivity contribution in [2.24, 2.45) is 5.41 Å². The quantitative estimate of drug-likeness (QED) is 0.658. The minimum atomic E-state index is -4.21. The average molecular weight is 239 g/mol. The predicted molar refractivity (Wildman–Crippen MR) is 56.3 cm³/mol. The Morgan fingerprint density at radius 2 is 2.00 bits per heavy atom. The van der Waals surface area contributed by atoms with Crippen molar-refractivity contribution >= 4 is 0 Å². The van der Waals surface area contributed by atoms with Crippen LogP contribution in [0.1, 0.15) is 32.6 Å². The normalized spacial score (nSPS) is 18.8. The van der Waals surface area contributed by atoms with Gasteiger partial charge in [0.1, 0.15) is 6.61 Å². The topological polar surface area (TPSA) is 21.3 Å². The highest BCUT2D eigenvalue weighted by atomic mass is 19.4. The van der Waals surface area contributed by atoms with Crippen molar-refractivity contribution in [3.05, 3.63) is 0 Å². The summed E-state index contributed by atoms with van der Waals surface area (Å²) in [4.78, 5) is 0. The zero-order valence-corrected chi connectivity index (χ0v) is 9.70. The van der Waals surface area contributed by atoms with Crippen LogP contribution < -0.4 is 5.32 Å². The molecule has 0 radical (unpaired) electrons. The number of nitrogens with one attached hydrogen (secondary N) is 1. The van der Waals surface area contributed by atoms with E-state index in [1.165, 1.54) is 25.7 Å². The van der Waals surface area contributed by atoms with Crippen LogP contribution in [0.2, 0.25) is 0 Å². The fraction of sp³-hybridized carbons (Fsp3) is 1.00. The fourth-order valence-electron chi connectivity index (χ4n) is 1.91. The molecule has 2 nitrogen and oxygen atoms in total. The summed E-state index contributed by atoms with van der Waals surface area (Å²) in [5.74, 6) is 0. The van der Waals surface area contributed by atoms with Crippen LogP contribution in [-0.4, -0.2) is 32.5 Å².